The fourth-order valence-electron chi connectivity index (χ4n) is 2.13. The van der Waals surface area contributed by atoms with Crippen LogP contribution in [0, 0.1) is 5.41 Å². The summed E-state index contributed by atoms with van der Waals surface area (Å²) in [7, 11) is 0. The summed E-state index contributed by atoms with van der Waals surface area (Å²) >= 11 is 0. The van der Waals surface area contributed by atoms with Crippen molar-refractivity contribution in [3.05, 3.63) is 23.8 Å². The molecule has 0 radical (unpaired) electrons. The van der Waals surface area contributed by atoms with Crippen molar-refractivity contribution in [2.45, 2.75) is 40.2 Å². The van der Waals surface area contributed by atoms with E-state index in [-0.39, 0.29) is 11.3 Å². The number of aliphatic hydroxyl groups excluding tert-OH is 1. The average Bonchev–Trinajstić information content (AvgIpc) is 2.35. The number of rotatable bonds is 6. The number of benzene rings is 1. The van der Waals surface area contributed by atoms with Gasteiger partial charge in [0.05, 0.1) is 17.5 Å². The summed E-state index contributed by atoms with van der Waals surface area (Å²) in [5.41, 5.74) is 7.79. The zero-order valence-corrected chi connectivity index (χ0v) is 13.4. The molecule has 1 unspecified atom stereocenters. The van der Waals surface area contributed by atoms with Gasteiger partial charge in [-0.15, -0.1) is 0 Å². The standard InChI is InChI=1S/C16H27N3O2/c1-5-18-15(21)11-6-7-14(13(17)8-11)19-10-12(20)9-16(2,3)4/h6-8,12,19-20H,5,9-10,17H2,1-4H3,(H,18,21). The van der Waals surface area contributed by atoms with E-state index in [1.54, 1.807) is 18.2 Å². The summed E-state index contributed by atoms with van der Waals surface area (Å²) in [6.07, 6.45) is 0.268. The van der Waals surface area contributed by atoms with Gasteiger partial charge in [-0.2, -0.15) is 0 Å². The Balaban J connectivity index is 2.63. The minimum atomic E-state index is -0.438. The van der Waals surface area contributed by atoms with Crippen molar-refractivity contribution >= 4 is 17.3 Å². The zero-order chi connectivity index (χ0) is 16.0. The highest BCUT2D eigenvalue weighted by Gasteiger charge is 2.16. The number of carbonyl (C=O) groups excluding carboxylic acids is 1. The summed E-state index contributed by atoms with van der Waals surface area (Å²) in [4.78, 5) is 11.7. The monoisotopic (exact) mass is 293 g/mol. The number of aliphatic hydroxyl groups is 1. The van der Waals surface area contributed by atoms with Crippen LogP contribution >= 0.6 is 0 Å². The van der Waals surface area contributed by atoms with Crippen LogP contribution in [-0.2, 0) is 0 Å². The molecule has 1 aromatic rings. The summed E-state index contributed by atoms with van der Waals surface area (Å²) < 4.78 is 0. The number of anilines is 2. The Labute approximate surface area is 126 Å². The second-order valence-corrected chi connectivity index (χ2v) is 6.46. The highest BCUT2D eigenvalue weighted by Crippen LogP contribution is 2.23. The molecule has 0 bridgehead atoms. The van der Waals surface area contributed by atoms with Gasteiger partial charge < -0.3 is 21.5 Å². The van der Waals surface area contributed by atoms with Crippen LogP contribution in [0.3, 0.4) is 0 Å². The lowest BCUT2D eigenvalue weighted by Crippen LogP contribution is -2.25. The molecule has 0 fully saturated rings. The average molecular weight is 293 g/mol. The van der Waals surface area contributed by atoms with Crippen LogP contribution in [0.25, 0.3) is 0 Å². The first kappa shape index (κ1) is 17.3. The molecule has 0 spiro atoms. The molecule has 21 heavy (non-hydrogen) atoms. The van der Waals surface area contributed by atoms with Crippen LogP contribution in [0.4, 0.5) is 11.4 Å². The van der Waals surface area contributed by atoms with E-state index in [2.05, 4.69) is 31.4 Å². The Hall–Kier alpha value is -1.75. The third kappa shape index (κ3) is 6.04. The first-order chi connectivity index (χ1) is 9.73. The van der Waals surface area contributed by atoms with Gasteiger partial charge in [0.15, 0.2) is 0 Å². The second kappa shape index (κ2) is 7.31. The molecule has 1 aromatic carbocycles. The van der Waals surface area contributed by atoms with Gasteiger partial charge in [-0.05, 0) is 37.0 Å². The molecule has 1 amide bonds. The number of nitrogens with two attached hydrogens (primary N) is 1. The normalized spacial score (nSPS) is 12.8. The van der Waals surface area contributed by atoms with Gasteiger partial charge in [0.1, 0.15) is 0 Å². The van der Waals surface area contributed by atoms with Crippen molar-refractivity contribution in [3.8, 4) is 0 Å². The minimum absolute atomic E-state index is 0.0781. The van der Waals surface area contributed by atoms with E-state index in [0.717, 1.165) is 5.69 Å². The van der Waals surface area contributed by atoms with E-state index in [0.29, 0.717) is 30.8 Å². The molecular weight excluding hydrogens is 266 g/mol. The van der Waals surface area contributed by atoms with Gasteiger partial charge in [0, 0.05) is 18.7 Å². The van der Waals surface area contributed by atoms with E-state index >= 15 is 0 Å². The topological polar surface area (TPSA) is 87.4 Å². The van der Waals surface area contributed by atoms with E-state index < -0.39 is 6.10 Å². The zero-order valence-electron chi connectivity index (χ0n) is 13.4. The summed E-state index contributed by atoms with van der Waals surface area (Å²) in [5.74, 6) is -0.136. The van der Waals surface area contributed by atoms with Gasteiger partial charge in [-0.25, -0.2) is 0 Å². The van der Waals surface area contributed by atoms with Gasteiger partial charge in [-0.1, -0.05) is 20.8 Å². The van der Waals surface area contributed by atoms with Gasteiger partial charge in [0.2, 0.25) is 0 Å². The molecule has 0 aliphatic rings. The number of nitrogens with one attached hydrogen (secondary N) is 2. The van der Waals surface area contributed by atoms with Crippen LogP contribution in [0.5, 0.6) is 0 Å². The maximum absolute atomic E-state index is 11.7. The number of hydrogen-bond acceptors (Lipinski definition) is 4. The molecule has 0 saturated heterocycles. The predicted molar refractivity (Wildman–Crippen MR) is 87.4 cm³/mol. The minimum Gasteiger partial charge on any atom is -0.397 e. The molecule has 5 N–H and O–H groups in total. The smallest absolute Gasteiger partial charge is 0.251 e. The SMILES string of the molecule is CCNC(=O)c1ccc(NCC(O)CC(C)(C)C)c(N)c1. The summed E-state index contributed by atoms with van der Waals surface area (Å²) in [6.45, 7) is 9.15. The van der Waals surface area contributed by atoms with Gasteiger partial charge >= 0.3 is 0 Å². The Morgan fingerprint density at radius 3 is 2.57 bits per heavy atom. The van der Waals surface area contributed by atoms with Crippen molar-refractivity contribution < 1.29 is 9.90 Å². The van der Waals surface area contributed by atoms with Gasteiger partial charge in [0.25, 0.3) is 5.91 Å². The van der Waals surface area contributed by atoms with Crippen LogP contribution in [0.2, 0.25) is 0 Å². The largest absolute Gasteiger partial charge is 0.397 e. The Bertz CT molecular complexity index is 481. The quantitative estimate of drug-likeness (QED) is 0.606. The van der Waals surface area contributed by atoms with E-state index in [4.69, 9.17) is 5.73 Å². The molecule has 1 atom stereocenters. The van der Waals surface area contributed by atoms with Crippen LogP contribution in [0.15, 0.2) is 18.2 Å². The molecule has 0 aliphatic heterocycles. The molecular formula is C16H27N3O2. The molecule has 1 rings (SSSR count). The number of nitrogen functional groups attached to an aromatic ring is 1. The fourth-order valence-corrected chi connectivity index (χ4v) is 2.13. The molecule has 118 valence electrons. The van der Waals surface area contributed by atoms with Crippen molar-refractivity contribution in [2.24, 2.45) is 5.41 Å². The molecule has 5 nitrogen and oxygen atoms in total. The lowest BCUT2D eigenvalue weighted by Gasteiger charge is -2.23. The van der Waals surface area contributed by atoms with Crippen LogP contribution in [0.1, 0.15) is 44.5 Å². The van der Waals surface area contributed by atoms with Crippen molar-refractivity contribution in [3.63, 3.8) is 0 Å². The first-order valence-corrected chi connectivity index (χ1v) is 7.32. The lowest BCUT2D eigenvalue weighted by atomic mass is 9.89. The van der Waals surface area contributed by atoms with Gasteiger partial charge in [-0.3, -0.25) is 4.79 Å². The summed E-state index contributed by atoms with van der Waals surface area (Å²) in [6, 6.07) is 5.13. The second-order valence-electron chi connectivity index (χ2n) is 6.46. The third-order valence-corrected chi connectivity index (χ3v) is 3.03. The lowest BCUT2D eigenvalue weighted by molar-refractivity contribution is 0.0955. The number of amides is 1. The molecule has 0 aliphatic carbocycles. The first-order valence-electron chi connectivity index (χ1n) is 7.32. The highest BCUT2D eigenvalue weighted by molar-refractivity contribution is 5.96. The number of carbonyl (C=O) groups is 1. The molecule has 0 saturated carbocycles. The number of hydrogen-bond donors (Lipinski definition) is 4. The van der Waals surface area contributed by atoms with E-state index in [1.807, 2.05) is 6.92 Å². The van der Waals surface area contributed by atoms with Crippen LogP contribution in [-0.4, -0.2) is 30.2 Å². The Morgan fingerprint density at radius 1 is 1.38 bits per heavy atom. The van der Waals surface area contributed by atoms with Crippen LogP contribution < -0.4 is 16.4 Å². The van der Waals surface area contributed by atoms with E-state index in [1.165, 1.54) is 0 Å². The molecule has 0 heterocycles. The molecule has 5 heteroatoms. The third-order valence-electron chi connectivity index (χ3n) is 3.03. The Morgan fingerprint density at radius 2 is 2.05 bits per heavy atom. The molecule has 0 aromatic heterocycles. The summed E-state index contributed by atoms with van der Waals surface area (Å²) in [5, 5.41) is 15.8. The van der Waals surface area contributed by atoms with Crippen molar-refractivity contribution in [1.82, 2.24) is 5.32 Å². The Kier molecular flexibility index (Phi) is 6.03. The fraction of sp³-hybridized carbons (Fsp3) is 0.562. The predicted octanol–water partition coefficient (Wildman–Crippen LogP) is 2.23. The van der Waals surface area contributed by atoms with Crippen molar-refractivity contribution in [1.29, 1.82) is 0 Å². The van der Waals surface area contributed by atoms with E-state index in [9.17, 15) is 9.90 Å². The highest BCUT2D eigenvalue weighted by atomic mass is 16.3. The maximum Gasteiger partial charge on any atom is 0.251 e. The maximum atomic E-state index is 11.7. The van der Waals surface area contributed by atoms with Crippen molar-refractivity contribution in [2.75, 3.05) is 24.1 Å².